The van der Waals surface area contributed by atoms with Crippen molar-refractivity contribution in [3.63, 3.8) is 0 Å². The molecule has 1 aliphatic heterocycles. The summed E-state index contributed by atoms with van der Waals surface area (Å²) in [5, 5.41) is 0. The van der Waals surface area contributed by atoms with E-state index in [-0.39, 0.29) is 23.7 Å². The Bertz CT molecular complexity index is 840. The van der Waals surface area contributed by atoms with Crippen LogP contribution in [0.25, 0.3) is 0 Å². The number of hydrogen-bond acceptors (Lipinski definition) is 4. The predicted molar refractivity (Wildman–Crippen MR) is 108 cm³/mol. The highest BCUT2D eigenvalue weighted by Crippen LogP contribution is 2.26. The second kappa shape index (κ2) is 8.65. The van der Waals surface area contributed by atoms with Crippen LogP contribution in [-0.2, 0) is 4.79 Å². The van der Waals surface area contributed by atoms with E-state index in [9.17, 15) is 14.0 Å². The Kier molecular flexibility index (Phi) is 6.24. The van der Waals surface area contributed by atoms with Crippen LogP contribution in [0.1, 0.15) is 24.2 Å². The molecule has 3 rings (SSSR count). The highest BCUT2D eigenvalue weighted by atomic mass is 32.2. The Morgan fingerprint density at radius 3 is 2.25 bits per heavy atom. The van der Waals surface area contributed by atoms with Crippen molar-refractivity contribution in [3.8, 4) is 11.5 Å². The molecular formula is C21H23FN2O3S. The summed E-state index contributed by atoms with van der Waals surface area (Å²) in [6.45, 7) is 3.90. The van der Waals surface area contributed by atoms with Crippen LogP contribution in [0.5, 0.6) is 11.5 Å². The van der Waals surface area contributed by atoms with Crippen molar-refractivity contribution >= 4 is 23.6 Å². The fourth-order valence-corrected chi connectivity index (χ4v) is 3.95. The van der Waals surface area contributed by atoms with Gasteiger partial charge < -0.3 is 14.5 Å². The molecule has 0 aromatic heterocycles. The third-order valence-electron chi connectivity index (χ3n) is 4.70. The van der Waals surface area contributed by atoms with Gasteiger partial charge in [0.2, 0.25) is 5.91 Å². The molecule has 7 heteroatoms. The number of amides is 2. The number of benzene rings is 2. The number of carbonyl (C=O) groups is 2. The van der Waals surface area contributed by atoms with Gasteiger partial charge in [0, 0.05) is 24.4 Å². The van der Waals surface area contributed by atoms with E-state index in [4.69, 9.17) is 4.74 Å². The first-order chi connectivity index (χ1) is 13.4. The molecule has 2 amide bonds. The van der Waals surface area contributed by atoms with Crippen molar-refractivity contribution in [2.75, 3.05) is 18.7 Å². The lowest BCUT2D eigenvalue weighted by Gasteiger charge is -2.29. The Labute approximate surface area is 168 Å². The van der Waals surface area contributed by atoms with Crippen molar-refractivity contribution in [3.05, 3.63) is 59.9 Å². The van der Waals surface area contributed by atoms with Crippen LogP contribution in [0.3, 0.4) is 0 Å². The molecule has 1 aliphatic rings. The average Bonchev–Trinajstić information content (AvgIpc) is 3.18. The highest BCUT2D eigenvalue weighted by molar-refractivity contribution is 7.99. The standard InChI is InChI=1S/C21H23FN2O3S/c1-14(2)23(3)21(26)19-12-28-13-24(19)20(25)15-4-8-17(9-5-15)27-18-10-6-16(22)7-11-18/h4-11,14,19H,12-13H2,1-3H3. The number of carbonyl (C=O) groups excluding carboxylic acids is 2. The third kappa shape index (κ3) is 4.47. The topological polar surface area (TPSA) is 49.9 Å². The molecule has 0 saturated carbocycles. The van der Waals surface area contributed by atoms with Gasteiger partial charge in [-0.1, -0.05) is 0 Å². The first-order valence-electron chi connectivity index (χ1n) is 9.05. The molecule has 0 N–H and O–H groups in total. The third-order valence-corrected chi connectivity index (χ3v) is 5.71. The summed E-state index contributed by atoms with van der Waals surface area (Å²) < 4.78 is 18.6. The van der Waals surface area contributed by atoms with Crippen LogP contribution in [0.2, 0.25) is 0 Å². The molecule has 2 aromatic rings. The molecule has 148 valence electrons. The number of rotatable bonds is 5. The van der Waals surface area contributed by atoms with Gasteiger partial charge in [0.1, 0.15) is 23.4 Å². The lowest BCUT2D eigenvalue weighted by molar-refractivity contribution is -0.135. The zero-order valence-electron chi connectivity index (χ0n) is 16.1. The van der Waals surface area contributed by atoms with E-state index in [1.807, 2.05) is 13.8 Å². The number of likely N-dealkylation sites (N-methyl/N-ethyl adjacent to an activating group) is 1. The molecule has 1 heterocycles. The van der Waals surface area contributed by atoms with Crippen LogP contribution >= 0.6 is 11.8 Å². The Morgan fingerprint density at radius 2 is 1.68 bits per heavy atom. The minimum absolute atomic E-state index is 0.0374. The molecule has 2 aromatic carbocycles. The van der Waals surface area contributed by atoms with E-state index < -0.39 is 6.04 Å². The van der Waals surface area contributed by atoms with Crippen LogP contribution in [0.15, 0.2) is 48.5 Å². The number of thioether (sulfide) groups is 1. The van der Waals surface area contributed by atoms with Gasteiger partial charge >= 0.3 is 0 Å². The highest BCUT2D eigenvalue weighted by Gasteiger charge is 2.37. The second-order valence-electron chi connectivity index (χ2n) is 6.91. The number of nitrogens with zero attached hydrogens (tertiary/aromatic N) is 2. The van der Waals surface area contributed by atoms with Crippen LogP contribution < -0.4 is 4.74 Å². The van der Waals surface area contributed by atoms with E-state index in [0.717, 1.165) is 0 Å². The minimum atomic E-state index is -0.444. The lowest BCUT2D eigenvalue weighted by Crippen LogP contribution is -2.49. The van der Waals surface area contributed by atoms with E-state index in [1.54, 1.807) is 52.9 Å². The Morgan fingerprint density at radius 1 is 1.11 bits per heavy atom. The molecule has 0 radical (unpaired) electrons. The summed E-state index contributed by atoms with van der Waals surface area (Å²) in [6.07, 6.45) is 0. The molecule has 0 aliphatic carbocycles. The quantitative estimate of drug-likeness (QED) is 0.759. The van der Waals surface area contributed by atoms with E-state index in [2.05, 4.69) is 0 Å². The second-order valence-corrected chi connectivity index (χ2v) is 7.91. The van der Waals surface area contributed by atoms with Gasteiger partial charge in [-0.15, -0.1) is 11.8 Å². The van der Waals surface area contributed by atoms with Gasteiger partial charge in [-0.25, -0.2) is 4.39 Å². The van der Waals surface area contributed by atoms with Gasteiger partial charge in [-0.2, -0.15) is 0 Å². The van der Waals surface area contributed by atoms with Gasteiger partial charge in [0.05, 0.1) is 5.88 Å². The lowest BCUT2D eigenvalue weighted by atomic mass is 10.1. The summed E-state index contributed by atoms with van der Waals surface area (Å²) in [6, 6.07) is 12.1. The summed E-state index contributed by atoms with van der Waals surface area (Å²) in [7, 11) is 1.76. The summed E-state index contributed by atoms with van der Waals surface area (Å²) in [4.78, 5) is 28.9. The fraction of sp³-hybridized carbons (Fsp3) is 0.333. The van der Waals surface area contributed by atoms with Crippen LogP contribution in [0.4, 0.5) is 4.39 Å². The van der Waals surface area contributed by atoms with Crippen LogP contribution in [0, 0.1) is 5.82 Å². The fourth-order valence-electron chi connectivity index (χ4n) is 2.81. The van der Waals surface area contributed by atoms with Crippen molar-refractivity contribution in [2.24, 2.45) is 0 Å². The maximum atomic E-state index is 13.0. The maximum absolute atomic E-state index is 13.0. The van der Waals surface area contributed by atoms with E-state index >= 15 is 0 Å². The average molecular weight is 402 g/mol. The molecule has 5 nitrogen and oxygen atoms in total. The zero-order valence-corrected chi connectivity index (χ0v) is 16.9. The SMILES string of the molecule is CC(C)N(C)C(=O)C1CSCN1C(=O)c1ccc(Oc2ccc(F)cc2)cc1. The Hall–Kier alpha value is -2.54. The maximum Gasteiger partial charge on any atom is 0.255 e. The van der Waals surface area contributed by atoms with Gasteiger partial charge in [-0.3, -0.25) is 9.59 Å². The monoisotopic (exact) mass is 402 g/mol. The van der Waals surface area contributed by atoms with Crippen LogP contribution in [-0.4, -0.2) is 52.4 Å². The number of hydrogen-bond donors (Lipinski definition) is 0. The van der Waals surface area contributed by atoms with Crippen molar-refractivity contribution in [1.29, 1.82) is 0 Å². The normalized spacial score (nSPS) is 16.3. The minimum Gasteiger partial charge on any atom is -0.457 e. The number of halogens is 1. The van der Waals surface area contributed by atoms with Crippen molar-refractivity contribution < 1.29 is 18.7 Å². The van der Waals surface area contributed by atoms with Gasteiger partial charge in [0.15, 0.2) is 0 Å². The van der Waals surface area contributed by atoms with E-state index in [1.165, 1.54) is 24.3 Å². The molecule has 28 heavy (non-hydrogen) atoms. The molecule has 1 fully saturated rings. The molecule has 1 saturated heterocycles. The van der Waals surface area contributed by atoms with Crippen molar-refractivity contribution in [2.45, 2.75) is 25.9 Å². The first kappa shape index (κ1) is 20.2. The Balaban J connectivity index is 1.69. The summed E-state index contributed by atoms with van der Waals surface area (Å²) in [5.41, 5.74) is 0.499. The summed E-state index contributed by atoms with van der Waals surface area (Å²) >= 11 is 1.58. The zero-order chi connectivity index (χ0) is 20.3. The van der Waals surface area contributed by atoms with Gasteiger partial charge in [0.25, 0.3) is 5.91 Å². The molecule has 0 spiro atoms. The van der Waals surface area contributed by atoms with Crippen molar-refractivity contribution in [1.82, 2.24) is 9.80 Å². The molecule has 1 unspecified atom stereocenters. The molecule has 1 atom stereocenters. The largest absolute Gasteiger partial charge is 0.457 e. The predicted octanol–water partition coefficient (Wildman–Crippen LogP) is 4.00. The molecule has 0 bridgehead atoms. The van der Waals surface area contributed by atoms with Gasteiger partial charge in [-0.05, 0) is 62.4 Å². The molecular weight excluding hydrogens is 379 g/mol. The number of ether oxygens (including phenoxy) is 1. The first-order valence-corrected chi connectivity index (χ1v) is 10.2. The smallest absolute Gasteiger partial charge is 0.255 e. The summed E-state index contributed by atoms with van der Waals surface area (Å²) in [5.74, 6) is 1.62. The van der Waals surface area contributed by atoms with E-state index in [0.29, 0.717) is 28.7 Å².